The van der Waals surface area contributed by atoms with Gasteiger partial charge in [-0.15, -0.1) is 0 Å². The number of likely N-dealkylation sites (tertiary alicyclic amines) is 1. The third kappa shape index (κ3) is 11.5. The fourth-order valence-corrected chi connectivity index (χ4v) is 7.65. The molecule has 0 saturated carbocycles. The number of methoxy groups -OCH3 is 2. The summed E-state index contributed by atoms with van der Waals surface area (Å²) in [7, 11) is 0.430. The van der Waals surface area contributed by atoms with Crippen LogP contribution in [0.15, 0.2) is 24.3 Å². The highest BCUT2D eigenvalue weighted by atomic mass is 32.2. The number of alkyl halides is 3. The standard InChI is InChI=1S/C35H54F3N3O8S/c1-10-22(4)31(40(7)34(45)23(5)21(2)3)28(48-8)19-30(43)41-17-11-12-27(41)32(49-9)24(6)33(44)39-50(46,47)20-26-15-13-25(14-16-26)18-29(42)35(36,37)38/h13-16,21-24,27-28,31-32H,10-12,17-20H2,1-9H3,(H,39,44)/t22-,23-,24+,27-,28+,31-,32+/m0/s1. The normalized spacial score (nSPS) is 19.0. The van der Waals surface area contributed by atoms with Crippen molar-refractivity contribution < 1.29 is 50.2 Å². The van der Waals surface area contributed by atoms with Crippen molar-refractivity contribution in [2.75, 3.05) is 27.8 Å². The zero-order valence-electron chi connectivity index (χ0n) is 30.6. The largest absolute Gasteiger partial charge is 0.450 e. The third-order valence-electron chi connectivity index (χ3n) is 9.96. The van der Waals surface area contributed by atoms with E-state index >= 15 is 0 Å². The van der Waals surface area contributed by atoms with Gasteiger partial charge in [0.05, 0.1) is 42.4 Å². The first-order chi connectivity index (χ1) is 23.2. The topological polar surface area (TPSA) is 139 Å². The number of amides is 3. The van der Waals surface area contributed by atoms with Gasteiger partial charge in [-0.2, -0.15) is 13.2 Å². The van der Waals surface area contributed by atoms with Crippen LogP contribution in [0, 0.1) is 23.7 Å². The van der Waals surface area contributed by atoms with Crippen LogP contribution < -0.4 is 4.72 Å². The number of likely N-dealkylation sites (N-methyl/N-ethyl adjacent to an activating group) is 1. The molecule has 1 aliphatic heterocycles. The molecule has 1 aliphatic rings. The zero-order valence-corrected chi connectivity index (χ0v) is 31.4. The number of carbonyl (C=O) groups excluding carboxylic acids is 4. The molecule has 50 heavy (non-hydrogen) atoms. The molecule has 1 heterocycles. The van der Waals surface area contributed by atoms with E-state index in [4.69, 9.17) is 9.47 Å². The predicted molar refractivity (Wildman–Crippen MR) is 182 cm³/mol. The van der Waals surface area contributed by atoms with E-state index < -0.39 is 64.2 Å². The molecule has 0 aliphatic carbocycles. The summed E-state index contributed by atoms with van der Waals surface area (Å²) in [5.41, 5.74) is 0.268. The van der Waals surface area contributed by atoms with E-state index in [1.54, 1.807) is 16.8 Å². The lowest BCUT2D eigenvalue weighted by Gasteiger charge is -2.40. The second kappa shape index (κ2) is 18.5. The summed E-state index contributed by atoms with van der Waals surface area (Å²) in [6.45, 7) is 11.8. The van der Waals surface area contributed by atoms with Gasteiger partial charge in [0.2, 0.25) is 33.5 Å². The minimum absolute atomic E-state index is 0.00969. The van der Waals surface area contributed by atoms with Crippen LogP contribution in [0.25, 0.3) is 0 Å². The molecular formula is C35H54F3N3O8S. The molecule has 1 N–H and O–H groups in total. The van der Waals surface area contributed by atoms with Gasteiger partial charge in [0.25, 0.3) is 0 Å². The lowest BCUT2D eigenvalue weighted by molar-refractivity contribution is -0.170. The van der Waals surface area contributed by atoms with Crippen LogP contribution in [0.1, 0.15) is 78.4 Å². The molecule has 7 atom stereocenters. The molecule has 0 unspecified atom stereocenters. The highest BCUT2D eigenvalue weighted by molar-refractivity contribution is 7.89. The molecule has 1 aromatic rings. The number of ketones is 1. The maximum absolute atomic E-state index is 13.9. The van der Waals surface area contributed by atoms with E-state index in [1.807, 2.05) is 34.6 Å². The highest BCUT2D eigenvalue weighted by Crippen LogP contribution is 2.30. The summed E-state index contributed by atoms with van der Waals surface area (Å²) in [5, 5.41) is 0. The first-order valence-electron chi connectivity index (χ1n) is 17.0. The highest BCUT2D eigenvalue weighted by Gasteiger charge is 2.43. The molecule has 0 spiro atoms. The van der Waals surface area contributed by atoms with Gasteiger partial charge in [-0.1, -0.05) is 72.2 Å². The second-order valence-electron chi connectivity index (χ2n) is 13.8. The maximum Gasteiger partial charge on any atom is 0.450 e. The summed E-state index contributed by atoms with van der Waals surface area (Å²) < 4.78 is 77.2. The minimum Gasteiger partial charge on any atom is -0.379 e. The number of nitrogens with one attached hydrogen (secondary N) is 1. The lowest BCUT2D eigenvalue weighted by atomic mass is 9.88. The van der Waals surface area contributed by atoms with E-state index in [2.05, 4.69) is 4.72 Å². The number of sulfonamides is 1. The number of halogens is 3. The van der Waals surface area contributed by atoms with Crippen molar-refractivity contribution in [3.8, 4) is 0 Å². The fraction of sp³-hybridized carbons (Fsp3) is 0.714. The van der Waals surface area contributed by atoms with Gasteiger partial charge in [-0.05, 0) is 35.8 Å². The number of carbonyl (C=O) groups is 4. The number of ether oxygens (including phenoxy) is 2. The Morgan fingerprint density at radius 3 is 2.06 bits per heavy atom. The smallest absolute Gasteiger partial charge is 0.379 e. The van der Waals surface area contributed by atoms with Crippen molar-refractivity contribution in [1.82, 2.24) is 14.5 Å². The molecule has 1 fully saturated rings. The van der Waals surface area contributed by atoms with Crippen LogP contribution in [0.5, 0.6) is 0 Å². The molecule has 284 valence electrons. The molecule has 2 rings (SSSR count). The maximum atomic E-state index is 13.9. The molecule has 0 bridgehead atoms. The number of hydrogen-bond donors (Lipinski definition) is 1. The Labute approximate surface area is 294 Å². The predicted octanol–water partition coefficient (Wildman–Crippen LogP) is 4.52. The Hall–Kier alpha value is -3.04. The zero-order chi connectivity index (χ0) is 38.1. The molecule has 3 amide bonds. The van der Waals surface area contributed by atoms with Crippen LogP contribution in [-0.4, -0.2) is 100 Å². The van der Waals surface area contributed by atoms with Gasteiger partial charge >= 0.3 is 6.18 Å². The van der Waals surface area contributed by atoms with Crippen LogP contribution >= 0.6 is 0 Å². The Kier molecular flexibility index (Phi) is 15.9. The van der Waals surface area contributed by atoms with Crippen molar-refractivity contribution >= 4 is 33.5 Å². The molecular weight excluding hydrogens is 679 g/mol. The summed E-state index contributed by atoms with van der Waals surface area (Å²) in [6, 6.07) is 4.13. The summed E-state index contributed by atoms with van der Waals surface area (Å²) in [6.07, 6.45) is -5.37. The van der Waals surface area contributed by atoms with E-state index in [9.17, 15) is 40.8 Å². The molecule has 11 nitrogen and oxygen atoms in total. The summed E-state index contributed by atoms with van der Waals surface area (Å²) in [4.78, 5) is 55.1. The Balaban J connectivity index is 2.16. The van der Waals surface area contributed by atoms with Crippen molar-refractivity contribution in [2.45, 2.75) is 110 Å². The average molecular weight is 734 g/mol. The van der Waals surface area contributed by atoms with E-state index in [1.165, 1.54) is 45.4 Å². The summed E-state index contributed by atoms with van der Waals surface area (Å²) in [5.74, 6) is -4.68. The van der Waals surface area contributed by atoms with E-state index in [0.717, 1.165) is 6.42 Å². The first-order valence-corrected chi connectivity index (χ1v) is 18.7. The average Bonchev–Trinajstić information content (AvgIpc) is 3.53. The van der Waals surface area contributed by atoms with E-state index in [0.29, 0.717) is 19.4 Å². The number of benzene rings is 1. The third-order valence-corrected chi connectivity index (χ3v) is 11.2. The van der Waals surface area contributed by atoms with Gasteiger partial charge in [-0.3, -0.25) is 23.9 Å². The van der Waals surface area contributed by atoms with Gasteiger partial charge in [-0.25, -0.2) is 8.42 Å². The van der Waals surface area contributed by atoms with E-state index in [-0.39, 0.29) is 53.2 Å². The minimum atomic E-state index is -4.97. The van der Waals surface area contributed by atoms with Crippen LogP contribution in [0.3, 0.4) is 0 Å². The molecule has 0 radical (unpaired) electrons. The fourth-order valence-electron chi connectivity index (χ4n) is 6.45. The number of hydrogen-bond acceptors (Lipinski definition) is 8. The number of nitrogens with zero attached hydrogens (tertiary/aromatic N) is 2. The van der Waals surface area contributed by atoms with Crippen molar-refractivity contribution in [3.63, 3.8) is 0 Å². The molecule has 0 aromatic heterocycles. The van der Waals surface area contributed by atoms with Gasteiger partial charge in [0.1, 0.15) is 0 Å². The lowest BCUT2D eigenvalue weighted by Crippen LogP contribution is -2.54. The Morgan fingerprint density at radius 1 is 0.980 bits per heavy atom. The monoisotopic (exact) mass is 733 g/mol. The molecule has 1 saturated heterocycles. The van der Waals surface area contributed by atoms with Gasteiger partial charge in [0.15, 0.2) is 0 Å². The molecule has 15 heteroatoms. The van der Waals surface area contributed by atoms with Crippen molar-refractivity contribution in [1.29, 1.82) is 0 Å². The number of rotatable bonds is 18. The second-order valence-corrected chi connectivity index (χ2v) is 15.5. The van der Waals surface area contributed by atoms with Gasteiger partial charge in [0, 0.05) is 40.2 Å². The first kappa shape index (κ1) is 43.1. The van der Waals surface area contributed by atoms with Gasteiger partial charge < -0.3 is 19.3 Å². The molecule has 1 aromatic carbocycles. The number of Topliss-reactive ketones (excluding diaryl/α,β-unsaturated/α-hetero) is 1. The van der Waals surface area contributed by atoms with Crippen molar-refractivity contribution in [2.24, 2.45) is 23.7 Å². The quantitative estimate of drug-likeness (QED) is 0.233. The Bertz CT molecular complexity index is 1420. The Morgan fingerprint density at radius 2 is 1.56 bits per heavy atom. The van der Waals surface area contributed by atoms with Crippen LogP contribution in [-0.2, 0) is 50.8 Å². The van der Waals surface area contributed by atoms with Crippen LogP contribution in [0.2, 0.25) is 0 Å². The SMILES string of the molecule is CC[C@H](C)[C@@H]([C@@H](CC(=O)N1CCC[C@H]1[C@H](OC)[C@@H](C)C(=O)NS(=O)(=O)Cc1ccc(CC(=O)C(F)(F)F)cc1)OC)N(C)C(=O)[C@@H](C)C(C)C. The van der Waals surface area contributed by atoms with Crippen molar-refractivity contribution in [3.05, 3.63) is 35.4 Å². The van der Waals surface area contributed by atoms with Crippen LogP contribution in [0.4, 0.5) is 13.2 Å². The summed E-state index contributed by atoms with van der Waals surface area (Å²) >= 11 is 0.